The lowest BCUT2D eigenvalue weighted by atomic mass is 10.1. The molecule has 0 saturated carbocycles. The van der Waals surface area contributed by atoms with E-state index in [4.69, 9.17) is 4.74 Å². The Morgan fingerprint density at radius 1 is 1.30 bits per heavy atom. The topological polar surface area (TPSA) is 85.0 Å². The molecule has 0 aliphatic carbocycles. The van der Waals surface area contributed by atoms with E-state index >= 15 is 0 Å². The van der Waals surface area contributed by atoms with Crippen LogP contribution < -0.4 is 0 Å². The molecule has 1 aliphatic rings. The third-order valence-electron chi connectivity index (χ3n) is 3.30. The molecule has 1 aromatic heterocycles. The first-order chi connectivity index (χ1) is 11.0. The number of thiophene rings is 1. The van der Waals surface area contributed by atoms with E-state index in [-0.39, 0.29) is 10.9 Å². The molecular weight excluding hydrogens is 318 g/mol. The summed E-state index contributed by atoms with van der Waals surface area (Å²) in [6.45, 7) is 3.34. The summed E-state index contributed by atoms with van der Waals surface area (Å²) in [5.41, 5.74) is 1.84. The minimum absolute atomic E-state index is 0.00381. The number of carbonyl (C=O) groups is 1. The Hall–Kier alpha value is -2.74. The van der Waals surface area contributed by atoms with Crippen LogP contribution in [0.5, 0.6) is 0 Å². The lowest BCUT2D eigenvalue weighted by Gasteiger charge is -2.17. The molecule has 2 heterocycles. The molecule has 23 heavy (non-hydrogen) atoms. The van der Waals surface area contributed by atoms with Gasteiger partial charge in [-0.15, -0.1) is 5.10 Å². The zero-order chi connectivity index (χ0) is 16.6. The summed E-state index contributed by atoms with van der Waals surface area (Å²) < 4.78 is 5.78. The minimum atomic E-state index is -0.775. The third-order valence-corrected chi connectivity index (χ3v) is 4.37. The molecule has 0 unspecified atom stereocenters. The molecule has 3 rings (SSSR count). The molecule has 0 radical (unpaired) electrons. The van der Waals surface area contributed by atoms with E-state index in [1.165, 1.54) is 18.0 Å². The number of hydrogen-bond acceptors (Lipinski definition) is 6. The van der Waals surface area contributed by atoms with E-state index in [1.54, 1.807) is 6.07 Å². The molecule has 2 aromatic rings. The highest BCUT2D eigenvalue weighted by atomic mass is 32.1. The molecule has 1 amide bonds. The van der Waals surface area contributed by atoms with E-state index in [0.717, 1.165) is 22.5 Å². The predicted octanol–water partition coefficient (Wildman–Crippen LogP) is 3.20. The fourth-order valence-electron chi connectivity index (χ4n) is 2.14. The van der Waals surface area contributed by atoms with Gasteiger partial charge < -0.3 is 4.74 Å². The molecule has 0 fully saturated rings. The number of amides is 1. The van der Waals surface area contributed by atoms with Gasteiger partial charge in [0, 0.05) is 18.6 Å². The van der Waals surface area contributed by atoms with Crippen molar-refractivity contribution < 1.29 is 14.5 Å². The second-order valence-corrected chi connectivity index (χ2v) is 6.13. The van der Waals surface area contributed by atoms with Crippen LogP contribution in [-0.4, -0.2) is 21.7 Å². The van der Waals surface area contributed by atoms with Gasteiger partial charge in [-0.1, -0.05) is 29.0 Å². The summed E-state index contributed by atoms with van der Waals surface area (Å²) in [6, 6.07) is 10.5. The second-order valence-electron chi connectivity index (χ2n) is 5.04. The van der Waals surface area contributed by atoms with E-state index in [0.29, 0.717) is 10.8 Å². The molecule has 0 saturated heterocycles. The Labute approximate surface area is 136 Å². The largest absolute Gasteiger partial charge is 0.445 e. The summed E-state index contributed by atoms with van der Waals surface area (Å²) in [5.74, 6) is 0.0226. The van der Waals surface area contributed by atoms with Crippen LogP contribution in [0.4, 0.5) is 5.00 Å². The van der Waals surface area contributed by atoms with Gasteiger partial charge in [-0.2, -0.15) is 5.01 Å². The first-order valence-electron chi connectivity index (χ1n) is 6.82. The predicted molar refractivity (Wildman–Crippen MR) is 85.0 cm³/mol. The van der Waals surface area contributed by atoms with Crippen molar-refractivity contribution in [3.05, 3.63) is 62.5 Å². The maximum atomic E-state index is 11.8. The average molecular weight is 331 g/mol. The first kappa shape index (κ1) is 15.2. The maximum Gasteiger partial charge on any atom is 0.324 e. The molecule has 1 aliphatic heterocycles. The van der Waals surface area contributed by atoms with Gasteiger partial charge in [0.15, 0.2) is 0 Å². The summed E-state index contributed by atoms with van der Waals surface area (Å²) in [4.78, 5) is 22.7. The summed E-state index contributed by atoms with van der Waals surface area (Å²) in [5, 5.41) is 16.2. The van der Waals surface area contributed by atoms with Crippen LogP contribution in [0.3, 0.4) is 0 Å². The number of hydrazone groups is 1. The Morgan fingerprint density at radius 3 is 2.57 bits per heavy atom. The number of carbonyl (C=O) groups excluding carboxylic acids is 1. The molecule has 0 N–H and O–H groups in total. The number of aryl methyl sites for hydroxylation is 1. The van der Waals surface area contributed by atoms with Crippen LogP contribution >= 0.6 is 11.3 Å². The van der Waals surface area contributed by atoms with Crippen LogP contribution in [0.25, 0.3) is 0 Å². The number of nitrogens with zero attached hydrogens (tertiary/aromatic N) is 3. The maximum absolute atomic E-state index is 11.8. The lowest BCUT2D eigenvalue weighted by Crippen LogP contribution is -2.24. The van der Waals surface area contributed by atoms with Crippen molar-refractivity contribution in [2.45, 2.75) is 20.1 Å². The van der Waals surface area contributed by atoms with Gasteiger partial charge in [-0.25, -0.2) is 0 Å². The highest BCUT2D eigenvalue weighted by Gasteiger charge is 2.35. The van der Waals surface area contributed by atoms with Gasteiger partial charge in [0.2, 0.25) is 18.0 Å². The molecule has 118 valence electrons. The Balaban J connectivity index is 1.91. The fourth-order valence-corrected chi connectivity index (χ4v) is 2.98. The van der Waals surface area contributed by atoms with Crippen LogP contribution in [0.2, 0.25) is 0 Å². The highest BCUT2D eigenvalue weighted by molar-refractivity contribution is 7.15. The zero-order valence-corrected chi connectivity index (χ0v) is 13.2. The first-order valence-corrected chi connectivity index (χ1v) is 7.63. The summed E-state index contributed by atoms with van der Waals surface area (Å²) in [6.07, 6.45) is -0.775. The zero-order valence-electron chi connectivity index (χ0n) is 12.4. The lowest BCUT2D eigenvalue weighted by molar-refractivity contribution is -0.380. The Morgan fingerprint density at radius 2 is 2.00 bits per heavy atom. The van der Waals surface area contributed by atoms with Gasteiger partial charge in [0.25, 0.3) is 0 Å². The van der Waals surface area contributed by atoms with Crippen molar-refractivity contribution in [2.75, 3.05) is 0 Å². The molecular formula is C15H13N3O4S. The fraction of sp³-hybridized carbons (Fsp3) is 0.200. The molecule has 8 heteroatoms. The van der Waals surface area contributed by atoms with Crippen LogP contribution in [0.15, 0.2) is 41.5 Å². The number of benzene rings is 1. The molecule has 0 bridgehead atoms. The van der Waals surface area contributed by atoms with Gasteiger partial charge in [0.05, 0.1) is 9.80 Å². The number of nitro groups is 1. The van der Waals surface area contributed by atoms with E-state index in [1.807, 2.05) is 31.2 Å². The van der Waals surface area contributed by atoms with E-state index < -0.39 is 11.2 Å². The van der Waals surface area contributed by atoms with Gasteiger partial charge in [-0.3, -0.25) is 14.9 Å². The molecule has 1 atom stereocenters. The monoisotopic (exact) mass is 331 g/mol. The van der Waals surface area contributed by atoms with Crippen molar-refractivity contribution in [3.8, 4) is 0 Å². The van der Waals surface area contributed by atoms with Crippen LogP contribution in [0.1, 0.15) is 29.2 Å². The van der Waals surface area contributed by atoms with Crippen molar-refractivity contribution in [1.82, 2.24) is 5.01 Å². The molecule has 1 aromatic carbocycles. The van der Waals surface area contributed by atoms with Crippen molar-refractivity contribution in [2.24, 2.45) is 5.10 Å². The normalized spacial score (nSPS) is 16.9. The Kier molecular flexibility index (Phi) is 3.83. The number of hydrogen-bond donors (Lipinski definition) is 0. The van der Waals surface area contributed by atoms with Gasteiger partial charge >= 0.3 is 5.00 Å². The Bertz CT molecular complexity index is 797. The summed E-state index contributed by atoms with van der Waals surface area (Å²) >= 11 is 0.968. The average Bonchev–Trinajstić information content (AvgIpc) is 3.14. The van der Waals surface area contributed by atoms with Gasteiger partial charge in [-0.05, 0) is 25.1 Å². The van der Waals surface area contributed by atoms with Crippen molar-refractivity contribution in [3.63, 3.8) is 0 Å². The second kappa shape index (κ2) is 5.81. The SMILES string of the molecule is CC(=O)N1N=C(c2ccc(C)cc2)O[C@@H]1c1ccc([N+](=O)[O-])s1. The van der Waals surface area contributed by atoms with Crippen LogP contribution in [0, 0.1) is 17.0 Å². The smallest absolute Gasteiger partial charge is 0.324 e. The highest BCUT2D eigenvalue weighted by Crippen LogP contribution is 2.36. The van der Waals surface area contributed by atoms with Crippen molar-refractivity contribution in [1.29, 1.82) is 0 Å². The minimum Gasteiger partial charge on any atom is -0.445 e. The molecule has 0 spiro atoms. The van der Waals surface area contributed by atoms with Crippen LogP contribution in [-0.2, 0) is 9.53 Å². The number of rotatable bonds is 3. The standard InChI is InChI=1S/C15H13N3O4S/c1-9-3-5-11(6-4-9)14-16-17(10(2)19)15(22-14)12-7-8-13(23-12)18(20)21/h3-8,15H,1-2H3/t15-/m1/s1. The van der Waals surface area contributed by atoms with E-state index in [2.05, 4.69) is 5.10 Å². The summed E-state index contributed by atoms with van der Waals surface area (Å²) in [7, 11) is 0. The molecule has 7 nitrogen and oxygen atoms in total. The quantitative estimate of drug-likeness (QED) is 0.638. The third kappa shape index (κ3) is 2.93. The van der Waals surface area contributed by atoms with Gasteiger partial charge in [0.1, 0.15) is 0 Å². The van der Waals surface area contributed by atoms with Crippen molar-refractivity contribution >= 4 is 28.1 Å². The number of ether oxygens (including phenoxy) is 1. The van der Waals surface area contributed by atoms with E-state index in [9.17, 15) is 14.9 Å².